The molecule has 0 spiro atoms. The molecule has 0 unspecified atom stereocenters. The Morgan fingerprint density at radius 2 is 1.60 bits per heavy atom. The van der Waals surface area contributed by atoms with Gasteiger partial charge in [0.25, 0.3) is 10.0 Å². The van der Waals surface area contributed by atoms with Crippen molar-refractivity contribution in [1.82, 2.24) is 9.55 Å². The SMILES string of the molecule is CCCCc1nc2ccc(NS(=O)(=O)c3ccccc3)cc2n1Cc1ccc(-c2ccccc2C(=O)OC(C)(C)C)cc1. The number of hydrogen-bond acceptors (Lipinski definition) is 5. The standard InChI is InChI=1S/C35H37N3O4S/c1-5-6-16-33-36-31-22-21-27(37-43(40,41)28-12-8-7-9-13-28)23-32(31)38(33)24-25-17-19-26(20-18-25)29-14-10-11-15-30(29)34(39)42-35(2,3)4/h7-15,17-23,37H,5-6,16,24H2,1-4H3. The molecule has 0 aliphatic heterocycles. The van der Waals surface area contributed by atoms with Gasteiger partial charge in [-0.3, -0.25) is 4.72 Å². The Labute approximate surface area is 253 Å². The van der Waals surface area contributed by atoms with E-state index >= 15 is 0 Å². The number of imidazole rings is 1. The Bertz CT molecular complexity index is 1840. The van der Waals surface area contributed by atoms with E-state index in [4.69, 9.17) is 9.72 Å². The van der Waals surface area contributed by atoms with Gasteiger partial charge in [0.2, 0.25) is 0 Å². The van der Waals surface area contributed by atoms with Crippen LogP contribution in [0.3, 0.4) is 0 Å². The van der Waals surface area contributed by atoms with Crippen molar-refractivity contribution in [3.8, 4) is 11.1 Å². The Morgan fingerprint density at radius 3 is 2.30 bits per heavy atom. The molecule has 0 aliphatic rings. The number of fused-ring (bicyclic) bond motifs is 1. The third-order valence-corrected chi connectivity index (χ3v) is 8.44. The number of hydrogen-bond donors (Lipinski definition) is 1. The number of unbranched alkanes of at least 4 members (excludes halogenated alkanes) is 1. The van der Waals surface area contributed by atoms with Crippen LogP contribution < -0.4 is 4.72 Å². The Balaban J connectivity index is 1.45. The average Bonchev–Trinajstić information content (AvgIpc) is 3.32. The van der Waals surface area contributed by atoms with E-state index in [1.807, 2.05) is 63.2 Å². The molecule has 7 nitrogen and oxygen atoms in total. The van der Waals surface area contributed by atoms with Gasteiger partial charge in [-0.15, -0.1) is 0 Å². The van der Waals surface area contributed by atoms with Crippen molar-refractivity contribution in [2.75, 3.05) is 4.72 Å². The van der Waals surface area contributed by atoms with Gasteiger partial charge >= 0.3 is 5.97 Å². The number of nitrogens with zero attached hydrogens (tertiary/aromatic N) is 2. The molecule has 43 heavy (non-hydrogen) atoms. The highest BCUT2D eigenvalue weighted by Gasteiger charge is 2.21. The minimum Gasteiger partial charge on any atom is -0.456 e. The Morgan fingerprint density at radius 1 is 0.907 bits per heavy atom. The van der Waals surface area contributed by atoms with Gasteiger partial charge in [-0.2, -0.15) is 0 Å². The summed E-state index contributed by atoms with van der Waals surface area (Å²) >= 11 is 0. The zero-order chi connectivity index (χ0) is 30.6. The largest absolute Gasteiger partial charge is 0.456 e. The summed E-state index contributed by atoms with van der Waals surface area (Å²) in [6.45, 7) is 8.30. The molecule has 222 valence electrons. The first-order valence-electron chi connectivity index (χ1n) is 14.5. The molecular weight excluding hydrogens is 558 g/mol. The van der Waals surface area contributed by atoms with E-state index in [1.54, 1.807) is 42.5 Å². The summed E-state index contributed by atoms with van der Waals surface area (Å²) in [5.41, 5.74) is 4.89. The van der Waals surface area contributed by atoms with Gasteiger partial charge in [-0.1, -0.05) is 74.0 Å². The predicted octanol–water partition coefficient (Wildman–Crippen LogP) is 7.85. The molecule has 0 saturated carbocycles. The first-order valence-corrected chi connectivity index (χ1v) is 16.0. The molecule has 8 heteroatoms. The van der Waals surface area contributed by atoms with E-state index in [2.05, 4.69) is 28.3 Å². The lowest BCUT2D eigenvalue weighted by molar-refractivity contribution is 0.00704. The normalized spacial score (nSPS) is 11.9. The topological polar surface area (TPSA) is 90.3 Å². The number of anilines is 1. The minimum atomic E-state index is -3.72. The van der Waals surface area contributed by atoms with Crippen molar-refractivity contribution in [1.29, 1.82) is 0 Å². The zero-order valence-electron chi connectivity index (χ0n) is 25.0. The second kappa shape index (κ2) is 12.4. The van der Waals surface area contributed by atoms with Gasteiger partial charge in [0.1, 0.15) is 11.4 Å². The van der Waals surface area contributed by atoms with E-state index in [0.29, 0.717) is 17.8 Å². The maximum absolute atomic E-state index is 13.0. The first-order chi connectivity index (χ1) is 20.5. The fraction of sp³-hybridized carbons (Fsp3) is 0.257. The third kappa shape index (κ3) is 7.14. The fourth-order valence-electron chi connectivity index (χ4n) is 4.97. The summed E-state index contributed by atoms with van der Waals surface area (Å²) in [7, 11) is -3.72. The smallest absolute Gasteiger partial charge is 0.339 e. The summed E-state index contributed by atoms with van der Waals surface area (Å²) in [6, 6.07) is 29.4. The van der Waals surface area contributed by atoms with Crippen molar-refractivity contribution in [3.63, 3.8) is 0 Å². The highest BCUT2D eigenvalue weighted by atomic mass is 32.2. The highest BCUT2D eigenvalue weighted by molar-refractivity contribution is 7.92. The molecule has 0 aliphatic carbocycles. The molecule has 5 rings (SSSR count). The van der Waals surface area contributed by atoms with Crippen molar-refractivity contribution < 1.29 is 17.9 Å². The number of rotatable bonds is 10. The van der Waals surface area contributed by atoms with Crippen LogP contribution in [-0.4, -0.2) is 29.5 Å². The van der Waals surface area contributed by atoms with Gasteiger partial charge in [0.15, 0.2) is 0 Å². The maximum Gasteiger partial charge on any atom is 0.339 e. The second-order valence-electron chi connectivity index (χ2n) is 11.6. The number of carbonyl (C=O) groups is 1. The van der Waals surface area contributed by atoms with Crippen LogP contribution in [0.1, 0.15) is 62.3 Å². The highest BCUT2D eigenvalue weighted by Crippen LogP contribution is 2.28. The van der Waals surface area contributed by atoms with Crippen LogP contribution in [0.4, 0.5) is 5.69 Å². The van der Waals surface area contributed by atoms with Crippen LogP contribution in [0.5, 0.6) is 0 Å². The molecule has 0 radical (unpaired) electrons. The predicted molar refractivity (Wildman–Crippen MR) is 172 cm³/mol. The Hall–Kier alpha value is -4.43. The van der Waals surface area contributed by atoms with Gasteiger partial charge in [0.05, 0.1) is 27.2 Å². The van der Waals surface area contributed by atoms with Crippen molar-refractivity contribution >= 4 is 32.7 Å². The lowest BCUT2D eigenvalue weighted by atomic mass is 9.98. The van der Waals surface area contributed by atoms with Gasteiger partial charge in [-0.05, 0) is 80.3 Å². The first kappa shape index (κ1) is 30.0. The van der Waals surface area contributed by atoms with E-state index in [-0.39, 0.29) is 10.9 Å². The van der Waals surface area contributed by atoms with Crippen LogP contribution in [-0.2, 0) is 27.7 Å². The van der Waals surface area contributed by atoms with Gasteiger partial charge in [0, 0.05) is 13.0 Å². The van der Waals surface area contributed by atoms with Crippen LogP contribution >= 0.6 is 0 Å². The average molecular weight is 596 g/mol. The second-order valence-corrected chi connectivity index (χ2v) is 13.3. The molecule has 0 amide bonds. The minimum absolute atomic E-state index is 0.209. The summed E-state index contributed by atoms with van der Waals surface area (Å²) in [6.07, 6.45) is 2.85. The number of esters is 1. The van der Waals surface area contributed by atoms with E-state index < -0.39 is 15.6 Å². The molecule has 0 saturated heterocycles. The van der Waals surface area contributed by atoms with Crippen molar-refractivity contribution in [2.45, 2.75) is 64.0 Å². The van der Waals surface area contributed by atoms with Crippen molar-refractivity contribution in [2.24, 2.45) is 0 Å². The molecule has 0 atom stereocenters. The molecule has 4 aromatic carbocycles. The number of aryl methyl sites for hydroxylation is 1. The molecule has 1 N–H and O–H groups in total. The van der Waals surface area contributed by atoms with Crippen molar-refractivity contribution in [3.05, 3.63) is 114 Å². The molecular formula is C35H37N3O4S. The number of aromatic nitrogens is 2. The number of ether oxygens (including phenoxy) is 1. The maximum atomic E-state index is 13.0. The number of sulfonamides is 1. The monoisotopic (exact) mass is 595 g/mol. The number of carbonyl (C=O) groups excluding carboxylic acids is 1. The molecule has 5 aromatic rings. The lowest BCUT2D eigenvalue weighted by Crippen LogP contribution is -2.24. The van der Waals surface area contributed by atoms with E-state index in [0.717, 1.165) is 52.8 Å². The van der Waals surface area contributed by atoms with E-state index in [1.165, 1.54) is 0 Å². The third-order valence-electron chi connectivity index (χ3n) is 7.04. The van der Waals surface area contributed by atoms with Crippen LogP contribution in [0, 0.1) is 0 Å². The quantitative estimate of drug-likeness (QED) is 0.166. The summed E-state index contributed by atoms with van der Waals surface area (Å²) < 4.78 is 36.5. The summed E-state index contributed by atoms with van der Waals surface area (Å²) in [5.74, 6) is 0.607. The Kier molecular flexibility index (Phi) is 8.69. The lowest BCUT2D eigenvalue weighted by Gasteiger charge is -2.20. The summed E-state index contributed by atoms with van der Waals surface area (Å²) in [4.78, 5) is 18.0. The van der Waals surface area contributed by atoms with Gasteiger partial charge in [-0.25, -0.2) is 18.2 Å². The van der Waals surface area contributed by atoms with Crippen LogP contribution in [0.15, 0.2) is 102 Å². The fourth-order valence-corrected chi connectivity index (χ4v) is 6.04. The van der Waals surface area contributed by atoms with Crippen LogP contribution in [0.25, 0.3) is 22.2 Å². The number of nitrogens with one attached hydrogen (secondary N) is 1. The number of benzene rings is 4. The summed E-state index contributed by atoms with van der Waals surface area (Å²) in [5, 5.41) is 0. The zero-order valence-corrected chi connectivity index (χ0v) is 25.8. The molecule has 1 heterocycles. The van der Waals surface area contributed by atoms with Gasteiger partial charge < -0.3 is 9.30 Å². The van der Waals surface area contributed by atoms with Crippen LogP contribution in [0.2, 0.25) is 0 Å². The molecule has 1 aromatic heterocycles. The molecule has 0 bridgehead atoms. The van der Waals surface area contributed by atoms with E-state index in [9.17, 15) is 13.2 Å². The molecule has 0 fully saturated rings.